The van der Waals surface area contributed by atoms with Crippen LogP contribution in [0, 0.1) is 31.2 Å². The van der Waals surface area contributed by atoms with E-state index in [0.29, 0.717) is 11.7 Å². The number of nitrogens with one attached hydrogen (secondary N) is 2. The predicted octanol–water partition coefficient (Wildman–Crippen LogP) is 3.21. The van der Waals surface area contributed by atoms with Gasteiger partial charge in [-0.2, -0.15) is 5.26 Å². The van der Waals surface area contributed by atoms with Crippen molar-refractivity contribution in [1.82, 2.24) is 15.5 Å². The van der Waals surface area contributed by atoms with E-state index in [4.69, 9.17) is 9.78 Å². The van der Waals surface area contributed by atoms with Gasteiger partial charge in [0.1, 0.15) is 5.76 Å². The maximum Gasteiger partial charge on any atom is 0.230 e. The monoisotopic (exact) mass is 355 g/mol. The van der Waals surface area contributed by atoms with Crippen LogP contribution in [0.2, 0.25) is 0 Å². The summed E-state index contributed by atoms with van der Waals surface area (Å²) in [5.41, 5.74) is 3.59. The highest BCUT2D eigenvalue weighted by atomic mass is 32.1. The summed E-state index contributed by atoms with van der Waals surface area (Å²) in [5, 5.41) is 18.3. The van der Waals surface area contributed by atoms with Gasteiger partial charge in [-0.1, -0.05) is 29.5 Å². The molecule has 0 radical (unpaired) electrons. The second kappa shape index (κ2) is 6.91. The molecule has 0 bridgehead atoms. The quantitative estimate of drug-likeness (QED) is 0.538. The fourth-order valence-electron chi connectivity index (χ4n) is 2.55. The molecule has 0 aliphatic heterocycles. The third kappa shape index (κ3) is 3.46. The van der Waals surface area contributed by atoms with Crippen molar-refractivity contribution in [2.24, 2.45) is 5.92 Å². The summed E-state index contributed by atoms with van der Waals surface area (Å²) in [6.45, 7) is 5.83. The summed E-state index contributed by atoms with van der Waals surface area (Å²) in [5.74, 6) is 0.261. The van der Waals surface area contributed by atoms with E-state index in [-0.39, 0.29) is 11.8 Å². The zero-order valence-corrected chi connectivity index (χ0v) is 14.9. The van der Waals surface area contributed by atoms with E-state index in [1.807, 2.05) is 38.2 Å². The molecule has 128 valence electrons. The summed E-state index contributed by atoms with van der Waals surface area (Å²) in [7, 11) is 0. The first-order chi connectivity index (χ1) is 12.0. The number of amides is 1. The van der Waals surface area contributed by atoms with E-state index in [1.54, 1.807) is 6.92 Å². The Labute approximate surface area is 148 Å². The van der Waals surface area contributed by atoms with Gasteiger partial charge in [0.2, 0.25) is 5.91 Å². The second-order valence-corrected chi connectivity index (χ2v) is 6.81. The molecular weight excluding hydrogens is 338 g/mol. The normalized spacial score (nSPS) is 11.9. The number of nitrogens with zero attached hydrogens (tertiary/aromatic N) is 3. The Kier molecular flexibility index (Phi) is 4.67. The number of aromatic nitrogens is 2. The number of hydrogen-bond acceptors (Lipinski definition) is 7. The summed E-state index contributed by atoms with van der Waals surface area (Å²) in [6, 6.07) is 5.94. The molecule has 0 aliphatic carbocycles. The Balaban J connectivity index is 1.84. The smallest absolute Gasteiger partial charge is 0.230 e. The van der Waals surface area contributed by atoms with Crippen LogP contribution in [-0.4, -0.2) is 22.6 Å². The summed E-state index contributed by atoms with van der Waals surface area (Å²) in [4.78, 5) is 16.6. The number of anilines is 1. The number of thiazole rings is 1. The molecule has 7 nitrogen and oxygen atoms in total. The number of carbonyl (C=O) groups is 1. The van der Waals surface area contributed by atoms with Crippen LogP contribution in [0.4, 0.5) is 5.13 Å². The van der Waals surface area contributed by atoms with Gasteiger partial charge in [0.25, 0.3) is 0 Å². The van der Waals surface area contributed by atoms with Crippen LogP contribution in [0.3, 0.4) is 0 Å². The first-order valence-corrected chi connectivity index (χ1v) is 8.58. The second-order valence-electron chi connectivity index (χ2n) is 5.78. The lowest BCUT2D eigenvalue weighted by Crippen LogP contribution is -2.28. The number of fused-ring (bicyclic) bond motifs is 1. The molecule has 2 N–H and O–H groups in total. The minimum atomic E-state index is -0.329. The molecule has 8 heteroatoms. The van der Waals surface area contributed by atoms with Crippen LogP contribution < -0.4 is 10.6 Å². The van der Waals surface area contributed by atoms with E-state index in [2.05, 4.69) is 20.8 Å². The topological polar surface area (TPSA) is 104 Å². The zero-order chi connectivity index (χ0) is 18.0. The van der Waals surface area contributed by atoms with Gasteiger partial charge in [-0.05, 0) is 31.5 Å². The minimum absolute atomic E-state index is 0.173. The molecule has 0 fully saturated rings. The Morgan fingerprint density at radius 3 is 2.92 bits per heavy atom. The summed E-state index contributed by atoms with van der Waals surface area (Å²) in [6.07, 6.45) is 1.81. The molecule has 2 aromatic heterocycles. The molecule has 0 saturated carbocycles. The number of carbonyl (C=O) groups excluding carboxylic acids is 1. The lowest BCUT2D eigenvalue weighted by atomic mass is 10.0. The van der Waals surface area contributed by atoms with Crippen LogP contribution >= 0.6 is 11.3 Å². The Bertz CT molecular complexity index is 950. The van der Waals surface area contributed by atoms with Crippen molar-refractivity contribution in [1.29, 1.82) is 5.26 Å². The van der Waals surface area contributed by atoms with Crippen molar-refractivity contribution < 1.29 is 9.32 Å². The van der Waals surface area contributed by atoms with E-state index in [0.717, 1.165) is 32.8 Å². The van der Waals surface area contributed by atoms with Crippen molar-refractivity contribution in [3.05, 3.63) is 29.7 Å². The van der Waals surface area contributed by atoms with E-state index >= 15 is 0 Å². The van der Waals surface area contributed by atoms with Gasteiger partial charge in [-0.25, -0.2) is 4.98 Å². The molecule has 1 aromatic carbocycles. The van der Waals surface area contributed by atoms with E-state index < -0.39 is 0 Å². The molecule has 1 atom stereocenters. The van der Waals surface area contributed by atoms with Gasteiger partial charge >= 0.3 is 0 Å². The Morgan fingerprint density at radius 1 is 1.44 bits per heavy atom. The highest BCUT2D eigenvalue weighted by Crippen LogP contribution is 2.32. The number of aryl methyl sites for hydroxylation is 2. The van der Waals surface area contributed by atoms with Gasteiger partial charge < -0.3 is 15.2 Å². The fourth-order valence-corrected chi connectivity index (χ4v) is 3.40. The maximum atomic E-state index is 12.1. The molecule has 1 unspecified atom stereocenters. The first-order valence-electron chi connectivity index (χ1n) is 7.76. The highest BCUT2D eigenvalue weighted by molar-refractivity contribution is 7.22. The molecular formula is C17H17N5O2S. The molecule has 0 saturated heterocycles. The van der Waals surface area contributed by atoms with Crippen molar-refractivity contribution >= 4 is 32.6 Å². The minimum Gasteiger partial charge on any atom is -0.361 e. The van der Waals surface area contributed by atoms with E-state index in [1.165, 1.54) is 11.3 Å². The van der Waals surface area contributed by atoms with Crippen LogP contribution in [0.5, 0.6) is 0 Å². The Morgan fingerprint density at radius 2 is 2.24 bits per heavy atom. The number of benzene rings is 1. The average molecular weight is 355 g/mol. The van der Waals surface area contributed by atoms with Crippen LogP contribution in [0.1, 0.15) is 18.4 Å². The van der Waals surface area contributed by atoms with Crippen molar-refractivity contribution in [3.8, 4) is 17.3 Å². The van der Waals surface area contributed by atoms with Crippen molar-refractivity contribution in [3.63, 3.8) is 0 Å². The van der Waals surface area contributed by atoms with Gasteiger partial charge in [0, 0.05) is 12.1 Å². The van der Waals surface area contributed by atoms with Gasteiger partial charge in [-0.15, -0.1) is 0 Å². The number of rotatable bonds is 5. The first kappa shape index (κ1) is 16.9. The largest absolute Gasteiger partial charge is 0.361 e. The van der Waals surface area contributed by atoms with E-state index in [9.17, 15) is 4.79 Å². The lowest BCUT2D eigenvalue weighted by Gasteiger charge is -2.08. The standard InChI is InChI=1S/C17H17N5O2S/c1-9(7-19-8-18)16(23)21-17-20-13-6-12(4-5-14(13)25-17)15-10(2)22-24-11(15)3/h4-6,9,19H,7H2,1-3H3,(H,20,21,23). The molecule has 0 spiro atoms. The van der Waals surface area contributed by atoms with Crippen molar-refractivity contribution in [2.75, 3.05) is 11.9 Å². The molecule has 1 amide bonds. The maximum absolute atomic E-state index is 12.1. The summed E-state index contributed by atoms with van der Waals surface area (Å²) < 4.78 is 6.20. The molecule has 0 aliphatic rings. The van der Waals surface area contributed by atoms with Crippen molar-refractivity contribution in [2.45, 2.75) is 20.8 Å². The average Bonchev–Trinajstić information content (AvgIpc) is 3.14. The third-order valence-corrected chi connectivity index (χ3v) is 4.83. The highest BCUT2D eigenvalue weighted by Gasteiger charge is 2.16. The van der Waals surface area contributed by atoms with Crippen LogP contribution in [0.15, 0.2) is 22.7 Å². The molecule has 3 rings (SSSR count). The summed E-state index contributed by atoms with van der Waals surface area (Å²) >= 11 is 1.41. The van der Waals surface area contributed by atoms with Crippen LogP contribution in [-0.2, 0) is 4.79 Å². The molecule has 2 heterocycles. The number of nitriles is 1. The Hall–Kier alpha value is -2.92. The third-order valence-electron chi connectivity index (χ3n) is 3.87. The van der Waals surface area contributed by atoms with Gasteiger partial charge in [-0.3, -0.25) is 4.79 Å². The molecule has 25 heavy (non-hydrogen) atoms. The SMILES string of the molecule is Cc1noc(C)c1-c1ccc2sc(NC(=O)C(C)CNC#N)nc2c1. The van der Waals surface area contributed by atoms with Crippen LogP contribution in [0.25, 0.3) is 21.3 Å². The zero-order valence-electron chi connectivity index (χ0n) is 14.1. The van der Waals surface area contributed by atoms with Gasteiger partial charge in [0.05, 0.1) is 21.8 Å². The van der Waals surface area contributed by atoms with Gasteiger partial charge in [0.15, 0.2) is 11.3 Å². The molecule has 3 aromatic rings. The lowest BCUT2D eigenvalue weighted by molar-refractivity contribution is -0.119. The number of hydrogen-bond donors (Lipinski definition) is 2. The fraction of sp³-hybridized carbons (Fsp3) is 0.294. The predicted molar refractivity (Wildman–Crippen MR) is 96.0 cm³/mol.